The number of aryl methyl sites for hydroxylation is 3. The molecule has 0 heterocycles. The fourth-order valence-electron chi connectivity index (χ4n) is 3.72. The van der Waals surface area contributed by atoms with Crippen molar-refractivity contribution in [1.82, 2.24) is 5.32 Å². The highest BCUT2D eigenvalue weighted by Crippen LogP contribution is 2.28. The summed E-state index contributed by atoms with van der Waals surface area (Å²) in [6.07, 6.45) is 5.90. The summed E-state index contributed by atoms with van der Waals surface area (Å²) in [7, 11) is 3.26. The quantitative estimate of drug-likeness (QED) is 0.647. The first kappa shape index (κ1) is 21.0. The maximum atomic E-state index is 12.4. The molecule has 1 aliphatic carbocycles. The molecule has 1 atom stereocenters. The van der Waals surface area contributed by atoms with Crippen molar-refractivity contribution < 1.29 is 19.0 Å². The first-order valence-corrected chi connectivity index (χ1v) is 10.4. The van der Waals surface area contributed by atoms with Gasteiger partial charge in [0.25, 0.3) is 5.91 Å². The lowest BCUT2D eigenvalue weighted by atomic mass is 9.92. The van der Waals surface area contributed by atoms with Crippen LogP contribution in [0.4, 0.5) is 0 Å². The molecule has 156 valence electrons. The van der Waals surface area contributed by atoms with Crippen molar-refractivity contribution in [1.29, 1.82) is 0 Å². The van der Waals surface area contributed by atoms with Crippen LogP contribution >= 0.6 is 0 Å². The van der Waals surface area contributed by atoms with E-state index in [0.29, 0.717) is 6.54 Å². The van der Waals surface area contributed by atoms with Crippen LogP contribution in [0.15, 0.2) is 36.4 Å². The van der Waals surface area contributed by atoms with Crippen molar-refractivity contribution in [3.63, 3.8) is 0 Å². The van der Waals surface area contributed by atoms with E-state index in [2.05, 4.69) is 17.4 Å². The van der Waals surface area contributed by atoms with Crippen LogP contribution in [-0.2, 0) is 24.1 Å². The van der Waals surface area contributed by atoms with Crippen molar-refractivity contribution in [2.24, 2.45) is 0 Å². The Balaban J connectivity index is 1.43. The molecule has 0 unspecified atom stereocenters. The van der Waals surface area contributed by atoms with E-state index in [-0.39, 0.29) is 5.91 Å². The van der Waals surface area contributed by atoms with Crippen LogP contribution in [0.3, 0.4) is 0 Å². The number of fused-ring (bicyclic) bond motifs is 1. The van der Waals surface area contributed by atoms with Gasteiger partial charge in [-0.15, -0.1) is 0 Å². The number of rotatable bonds is 9. The Kier molecular flexibility index (Phi) is 7.39. The Morgan fingerprint density at radius 2 is 1.76 bits per heavy atom. The summed E-state index contributed by atoms with van der Waals surface area (Å²) in [5, 5.41) is 2.97. The second kappa shape index (κ2) is 10.2. The van der Waals surface area contributed by atoms with E-state index in [9.17, 15) is 4.79 Å². The Morgan fingerprint density at radius 3 is 2.52 bits per heavy atom. The van der Waals surface area contributed by atoms with Crippen LogP contribution in [-0.4, -0.2) is 32.8 Å². The topological polar surface area (TPSA) is 56.8 Å². The minimum absolute atomic E-state index is 0.0879. The van der Waals surface area contributed by atoms with Gasteiger partial charge in [0, 0.05) is 6.54 Å². The Hall–Kier alpha value is -2.69. The minimum Gasteiger partial charge on any atom is -0.493 e. The predicted molar refractivity (Wildman–Crippen MR) is 114 cm³/mol. The molecule has 0 saturated carbocycles. The number of methoxy groups -OCH3 is 2. The molecule has 1 aliphatic rings. The van der Waals surface area contributed by atoms with Gasteiger partial charge in [0.05, 0.1) is 14.2 Å². The number of benzene rings is 2. The number of nitrogens with one attached hydrogen (secondary N) is 1. The Morgan fingerprint density at radius 1 is 1.00 bits per heavy atom. The molecule has 5 nitrogen and oxygen atoms in total. The fourth-order valence-corrected chi connectivity index (χ4v) is 3.72. The predicted octanol–water partition coefficient (Wildman–Crippen LogP) is 4.10. The molecular formula is C24H31NO4. The summed E-state index contributed by atoms with van der Waals surface area (Å²) in [6.45, 7) is 2.40. The molecule has 5 heteroatoms. The molecule has 0 saturated heterocycles. The maximum Gasteiger partial charge on any atom is 0.260 e. The van der Waals surface area contributed by atoms with Gasteiger partial charge in [-0.05, 0) is 86.4 Å². The SMILES string of the molecule is COc1ccc(CCCNC(=O)[C@H](C)Oc2ccc3c(c2)CCCC3)cc1OC. The van der Waals surface area contributed by atoms with Crippen molar-refractivity contribution in [3.8, 4) is 17.2 Å². The number of hydrogen-bond donors (Lipinski definition) is 1. The second-order valence-electron chi connectivity index (χ2n) is 7.48. The zero-order valence-corrected chi connectivity index (χ0v) is 17.6. The van der Waals surface area contributed by atoms with Crippen LogP contribution in [0, 0.1) is 0 Å². The molecule has 2 aromatic rings. The highest BCUT2D eigenvalue weighted by Gasteiger charge is 2.16. The van der Waals surface area contributed by atoms with E-state index in [4.69, 9.17) is 14.2 Å². The van der Waals surface area contributed by atoms with E-state index in [1.54, 1.807) is 21.1 Å². The number of carbonyl (C=O) groups is 1. The van der Waals surface area contributed by atoms with Crippen LogP contribution < -0.4 is 19.5 Å². The van der Waals surface area contributed by atoms with E-state index in [1.165, 1.54) is 24.0 Å². The first-order valence-electron chi connectivity index (χ1n) is 10.4. The molecule has 0 radical (unpaired) electrons. The second-order valence-corrected chi connectivity index (χ2v) is 7.48. The molecule has 2 aromatic carbocycles. The molecular weight excluding hydrogens is 366 g/mol. The Labute approximate surface area is 173 Å². The maximum absolute atomic E-state index is 12.4. The largest absolute Gasteiger partial charge is 0.493 e. The number of amides is 1. The summed E-state index contributed by atoms with van der Waals surface area (Å²) in [5.41, 5.74) is 3.92. The minimum atomic E-state index is -0.516. The van der Waals surface area contributed by atoms with Crippen LogP contribution in [0.1, 0.15) is 42.9 Å². The third-order valence-corrected chi connectivity index (χ3v) is 5.39. The zero-order chi connectivity index (χ0) is 20.6. The lowest BCUT2D eigenvalue weighted by Gasteiger charge is -2.19. The van der Waals surface area contributed by atoms with E-state index in [1.807, 2.05) is 24.3 Å². The number of carbonyl (C=O) groups excluding carboxylic acids is 1. The molecule has 3 rings (SSSR count). The third kappa shape index (κ3) is 5.66. The normalized spacial score (nSPS) is 13.9. The fraction of sp³-hybridized carbons (Fsp3) is 0.458. The highest BCUT2D eigenvalue weighted by molar-refractivity contribution is 5.80. The van der Waals surface area contributed by atoms with Gasteiger partial charge in [0.2, 0.25) is 0 Å². The molecule has 0 aliphatic heterocycles. The van der Waals surface area contributed by atoms with Gasteiger partial charge in [-0.2, -0.15) is 0 Å². The van der Waals surface area contributed by atoms with Gasteiger partial charge in [0.1, 0.15) is 5.75 Å². The smallest absolute Gasteiger partial charge is 0.260 e. The lowest BCUT2D eigenvalue weighted by molar-refractivity contribution is -0.127. The molecule has 1 N–H and O–H groups in total. The summed E-state index contributed by atoms with van der Waals surface area (Å²) in [4.78, 5) is 12.4. The summed E-state index contributed by atoms with van der Waals surface area (Å²) >= 11 is 0. The van der Waals surface area contributed by atoms with Crippen LogP contribution in [0.2, 0.25) is 0 Å². The monoisotopic (exact) mass is 397 g/mol. The van der Waals surface area contributed by atoms with E-state index >= 15 is 0 Å². The number of hydrogen-bond acceptors (Lipinski definition) is 4. The Bertz CT molecular complexity index is 834. The average Bonchev–Trinajstić information content (AvgIpc) is 2.76. The van der Waals surface area contributed by atoms with Crippen LogP contribution in [0.25, 0.3) is 0 Å². The average molecular weight is 398 g/mol. The third-order valence-electron chi connectivity index (χ3n) is 5.39. The van der Waals surface area contributed by atoms with Gasteiger partial charge in [0.15, 0.2) is 17.6 Å². The van der Waals surface area contributed by atoms with E-state index < -0.39 is 6.10 Å². The van der Waals surface area contributed by atoms with Crippen LogP contribution in [0.5, 0.6) is 17.2 Å². The molecule has 29 heavy (non-hydrogen) atoms. The standard InChI is InChI=1S/C24H31NO4/c1-17(29-21-12-11-19-8-4-5-9-20(19)16-21)24(26)25-14-6-7-18-10-13-22(27-2)23(15-18)28-3/h10-13,15-17H,4-9,14H2,1-3H3,(H,25,26)/t17-/m0/s1. The van der Waals surface area contributed by atoms with Gasteiger partial charge in [-0.25, -0.2) is 0 Å². The number of ether oxygens (including phenoxy) is 3. The van der Waals surface area contributed by atoms with Gasteiger partial charge < -0.3 is 19.5 Å². The highest BCUT2D eigenvalue weighted by atomic mass is 16.5. The lowest BCUT2D eigenvalue weighted by Crippen LogP contribution is -2.37. The van der Waals surface area contributed by atoms with Crippen molar-refractivity contribution in [2.45, 2.75) is 51.6 Å². The van der Waals surface area contributed by atoms with Gasteiger partial charge >= 0.3 is 0 Å². The first-order chi connectivity index (χ1) is 14.1. The molecule has 0 aromatic heterocycles. The van der Waals surface area contributed by atoms with Gasteiger partial charge in [-0.3, -0.25) is 4.79 Å². The van der Waals surface area contributed by atoms with Crippen molar-refractivity contribution >= 4 is 5.91 Å². The summed E-state index contributed by atoms with van der Waals surface area (Å²) in [5.74, 6) is 2.13. The summed E-state index contributed by atoms with van der Waals surface area (Å²) < 4.78 is 16.5. The zero-order valence-electron chi connectivity index (χ0n) is 17.6. The van der Waals surface area contributed by atoms with Crippen molar-refractivity contribution in [2.75, 3.05) is 20.8 Å². The molecule has 0 bridgehead atoms. The van der Waals surface area contributed by atoms with E-state index in [0.717, 1.165) is 48.5 Å². The molecule has 0 spiro atoms. The van der Waals surface area contributed by atoms with Crippen molar-refractivity contribution in [3.05, 3.63) is 53.1 Å². The summed E-state index contributed by atoms with van der Waals surface area (Å²) in [6, 6.07) is 12.1. The van der Waals surface area contributed by atoms with Gasteiger partial charge in [-0.1, -0.05) is 12.1 Å². The molecule has 1 amide bonds. The molecule has 0 fully saturated rings.